The van der Waals surface area contributed by atoms with Crippen molar-refractivity contribution < 1.29 is 9.50 Å². The van der Waals surface area contributed by atoms with Crippen LogP contribution in [0.3, 0.4) is 0 Å². The Labute approximate surface area is 131 Å². The Morgan fingerprint density at radius 2 is 2.00 bits per heavy atom. The van der Waals surface area contributed by atoms with Gasteiger partial charge in [0.15, 0.2) is 0 Å². The van der Waals surface area contributed by atoms with Gasteiger partial charge in [-0.3, -0.25) is 0 Å². The molecule has 0 aliphatic rings. The maximum absolute atomic E-state index is 13.0. The van der Waals surface area contributed by atoms with Crippen molar-refractivity contribution in [3.05, 3.63) is 63.9 Å². The Morgan fingerprint density at radius 3 is 2.70 bits per heavy atom. The summed E-state index contributed by atoms with van der Waals surface area (Å²) in [4.78, 5) is 1.11. The van der Waals surface area contributed by atoms with E-state index >= 15 is 0 Å². The highest BCUT2D eigenvalue weighted by Gasteiger charge is 2.10. The minimum atomic E-state index is -0.448. The second kappa shape index (κ2) is 7.25. The second-order valence-electron chi connectivity index (χ2n) is 4.67. The first-order valence-electron chi connectivity index (χ1n) is 6.36. The molecule has 0 radical (unpaired) electrons. The molecular weight excluding hydrogens is 339 g/mol. The van der Waals surface area contributed by atoms with Crippen molar-refractivity contribution in [2.24, 2.45) is 0 Å². The van der Waals surface area contributed by atoms with Crippen LogP contribution in [0, 0.1) is 12.7 Å². The topological polar surface area (TPSA) is 20.2 Å². The van der Waals surface area contributed by atoms with Gasteiger partial charge in [0.1, 0.15) is 5.82 Å². The minimum absolute atomic E-state index is 0.233. The van der Waals surface area contributed by atoms with E-state index in [4.69, 9.17) is 0 Å². The molecular formula is C16H16BrFOS. The SMILES string of the molecule is Cc1cc(F)ccc1CC(O)CSc1ccccc1Br. The van der Waals surface area contributed by atoms with Gasteiger partial charge in [-0.25, -0.2) is 4.39 Å². The molecule has 0 spiro atoms. The fraction of sp³-hybridized carbons (Fsp3) is 0.250. The number of thioether (sulfide) groups is 1. The summed E-state index contributed by atoms with van der Waals surface area (Å²) in [6.07, 6.45) is 0.0973. The lowest BCUT2D eigenvalue weighted by Gasteiger charge is -2.13. The average Bonchev–Trinajstić information content (AvgIpc) is 2.41. The lowest BCUT2D eigenvalue weighted by Crippen LogP contribution is -2.14. The zero-order valence-electron chi connectivity index (χ0n) is 11.1. The smallest absolute Gasteiger partial charge is 0.123 e. The Hall–Kier alpha value is -0.840. The molecule has 0 bridgehead atoms. The van der Waals surface area contributed by atoms with Gasteiger partial charge < -0.3 is 5.11 Å². The molecule has 0 amide bonds. The maximum atomic E-state index is 13.0. The molecule has 1 nitrogen and oxygen atoms in total. The monoisotopic (exact) mass is 354 g/mol. The van der Waals surface area contributed by atoms with E-state index in [-0.39, 0.29) is 5.82 Å². The highest BCUT2D eigenvalue weighted by atomic mass is 79.9. The van der Waals surface area contributed by atoms with Gasteiger partial charge >= 0.3 is 0 Å². The quantitative estimate of drug-likeness (QED) is 0.792. The highest BCUT2D eigenvalue weighted by Crippen LogP contribution is 2.28. The van der Waals surface area contributed by atoms with Crippen molar-refractivity contribution in [1.29, 1.82) is 0 Å². The van der Waals surface area contributed by atoms with Crippen LogP contribution in [0.25, 0.3) is 0 Å². The van der Waals surface area contributed by atoms with E-state index < -0.39 is 6.10 Å². The van der Waals surface area contributed by atoms with Crippen LogP contribution in [0.5, 0.6) is 0 Å². The molecule has 0 saturated carbocycles. The Balaban J connectivity index is 1.92. The molecule has 4 heteroatoms. The van der Waals surface area contributed by atoms with Crippen molar-refractivity contribution in [2.75, 3.05) is 5.75 Å². The summed E-state index contributed by atoms with van der Waals surface area (Å²) >= 11 is 5.10. The molecule has 1 atom stereocenters. The third kappa shape index (κ3) is 4.33. The summed E-state index contributed by atoms with van der Waals surface area (Å²) in [6.45, 7) is 1.87. The molecule has 0 saturated heterocycles. The number of aliphatic hydroxyl groups excluding tert-OH is 1. The number of hydrogen-bond acceptors (Lipinski definition) is 2. The molecule has 2 aromatic carbocycles. The summed E-state index contributed by atoms with van der Waals surface area (Å²) in [6, 6.07) is 12.6. The predicted octanol–water partition coefficient (Wildman–Crippen LogP) is 4.59. The summed E-state index contributed by atoms with van der Waals surface area (Å²) in [7, 11) is 0. The van der Waals surface area contributed by atoms with Gasteiger partial charge in [-0.2, -0.15) is 0 Å². The van der Waals surface area contributed by atoms with Crippen LogP contribution < -0.4 is 0 Å². The Kier molecular flexibility index (Phi) is 5.64. The van der Waals surface area contributed by atoms with Crippen LogP contribution in [0.4, 0.5) is 4.39 Å². The molecule has 106 valence electrons. The van der Waals surface area contributed by atoms with Gasteiger partial charge in [0.05, 0.1) is 6.10 Å². The molecule has 1 unspecified atom stereocenters. The summed E-state index contributed by atoms with van der Waals surface area (Å²) in [5.41, 5.74) is 1.88. The maximum Gasteiger partial charge on any atom is 0.123 e. The average molecular weight is 355 g/mol. The van der Waals surface area contributed by atoms with E-state index in [1.807, 2.05) is 31.2 Å². The van der Waals surface area contributed by atoms with Crippen LogP contribution in [0.2, 0.25) is 0 Å². The van der Waals surface area contributed by atoms with Crippen LogP contribution in [-0.4, -0.2) is 17.0 Å². The first-order valence-corrected chi connectivity index (χ1v) is 8.14. The first-order chi connectivity index (χ1) is 9.56. The molecule has 0 fully saturated rings. The summed E-state index contributed by atoms with van der Waals surface area (Å²) in [5.74, 6) is 0.378. The molecule has 1 N–H and O–H groups in total. The van der Waals surface area contributed by atoms with Crippen LogP contribution in [0.1, 0.15) is 11.1 Å². The van der Waals surface area contributed by atoms with E-state index in [1.54, 1.807) is 17.8 Å². The number of hydrogen-bond donors (Lipinski definition) is 1. The predicted molar refractivity (Wildman–Crippen MR) is 85.7 cm³/mol. The van der Waals surface area contributed by atoms with E-state index in [0.29, 0.717) is 12.2 Å². The zero-order chi connectivity index (χ0) is 14.5. The van der Waals surface area contributed by atoms with Crippen molar-refractivity contribution in [1.82, 2.24) is 0 Å². The highest BCUT2D eigenvalue weighted by molar-refractivity contribution is 9.10. The Bertz CT molecular complexity index is 588. The molecule has 2 aromatic rings. The summed E-state index contributed by atoms with van der Waals surface area (Å²) < 4.78 is 14.1. The lowest BCUT2D eigenvalue weighted by molar-refractivity contribution is 0.200. The number of aliphatic hydroxyl groups is 1. The van der Waals surface area contributed by atoms with Crippen molar-refractivity contribution >= 4 is 27.7 Å². The second-order valence-corrected chi connectivity index (χ2v) is 6.59. The van der Waals surface area contributed by atoms with Gasteiger partial charge in [0, 0.05) is 15.1 Å². The van der Waals surface area contributed by atoms with E-state index in [2.05, 4.69) is 15.9 Å². The van der Waals surface area contributed by atoms with Crippen molar-refractivity contribution in [3.63, 3.8) is 0 Å². The fourth-order valence-electron chi connectivity index (χ4n) is 1.95. The standard InChI is InChI=1S/C16H16BrFOS/c1-11-8-13(18)7-6-12(11)9-14(19)10-20-16-5-3-2-4-15(16)17/h2-8,14,19H,9-10H2,1H3. The summed E-state index contributed by atoms with van der Waals surface area (Å²) in [5, 5.41) is 10.1. The third-order valence-corrected chi connectivity index (χ3v) is 5.20. The molecule has 2 rings (SSSR count). The molecule has 0 heterocycles. The van der Waals surface area contributed by atoms with Gasteiger partial charge in [-0.05, 0) is 64.7 Å². The third-order valence-electron chi connectivity index (χ3n) is 3.03. The number of aryl methyl sites for hydroxylation is 1. The van der Waals surface area contributed by atoms with Crippen LogP contribution >= 0.6 is 27.7 Å². The zero-order valence-corrected chi connectivity index (χ0v) is 13.5. The minimum Gasteiger partial charge on any atom is -0.392 e. The van der Waals surface area contributed by atoms with Gasteiger partial charge in [0.25, 0.3) is 0 Å². The number of rotatable bonds is 5. The van der Waals surface area contributed by atoms with Crippen molar-refractivity contribution in [2.45, 2.75) is 24.3 Å². The van der Waals surface area contributed by atoms with Gasteiger partial charge in [-0.1, -0.05) is 18.2 Å². The first kappa shape index (κ1) is 15.5. The normalized spacial score (nSPS) is 12.4. The van der Waals surface area contributed by atoms with Crippen molar-refractivity contribution in [3.8, 4) is 0 Å². The molecule has 0 aromatic heterocycles. The number of benzene rings is 2. The number of halogens is 2. The van der Waals surface area contributed by atoms with E-state index in [0.717, 1.165) is 20.5 Å². The van der Waals surface area contributed by atoms with Crippen LogP contribution in [-0.2, 0) is 6.42 Å². The largest absolute Gasteiger partial charge is 0.392 e. The fourth-order valence-corrected chi connectivity index (χ4v) is 3.45. The lowest BCUT2D eigenvalue weighted by atomic mass is 10.0. The van der Waals surface area contributed by atoms with Gasteiger partial charge in [0.2, 0.25) is 0 Å². The van der Waals surface area contributed by atoms with Gasteiger partial charge in [-0.15, -0.1) is 11.8 Å². The molecule has 0 aliphatic heterocycles. The molecule has 0 aliphatic carbocycles. The van der Waals surface area contributed by atoms with Crippen LogP contribution in [0.15, 0.2) is 51.8 Å². The van der Waals surface area contributed by atoms with E-state index in [9.17, 15) is 9.50 Å². The Morgan fingerprint density at radius 1 is 1.25 bits per heavy atom. The molecule has 20 heavy (non-hydrogen) atoms. The van der Waals surface area contributed by atoms with E-state index in [1.165, 1.54) is 12.1 Å².